The average molecular weight is 333 g/mol. The summed E-state index contributed by atoms with van der Waals surface area (Å²) in [5.74, 6) is 1.33. The number of carbonyl (C=O) groups is 1. The van der Waals surface area contributed by atoms with Crippen molar-refractivity contribution < 1.29 is 17.8 Å². The first-order chi connectivity index (χ1) is 8.87. The van der Waals surface area contributed by atoms with Gasteiger partial charge in [0.15, 0.2) is 16.6 Å². The van der Waals surface area contributed by atoms with Gasteiger partial charge in [0, 0.05) is 5.92 Å². The molecule has 4 nitrogen and oxygen atoms in total. The van der Waals surface area contributed by atoms with Crippen molar-refractivity contribution in [1.29, 1.82) is 0 Å². The Labute approximate surface area is 126 Å². The smallest absolute Gasteiger partial charge is 0.384 e. The van der Waals surface area contributed by atoms with E-state index in [1.807, 2.05) is 5.92 Å². The first-order valence-electron chi connectivity index (χ1n) is 6.91. The molecule has 0 unspecified atom stereocenters. The predicted octanol–water partition coefficient (Wildman–Crippen LogP) is 3.33. The molecule has 0 saturated carbocycles. The third-order valence-corrected chi connectivity index (χ3v) is 11.8. The minimum atomic E-state index is -2.22. The van der Waals surface area contributed by atoms with Crippen molar-refractivity contribution in [3.63, 3.8) is 0 Å². The van der Waals surface area contributed by atoms with E-state index in [2.05, 4.69) is 45.8 Å². The summed E-state index contributed by atoms with van der Waals surface area (Å²) in [6.07, 6.45) is 5.68. The van der Waals surface area contributed by atoms with Crippen molar-refractivity contribution in [2.45, 2.75) is 58.3 Å². The number of esters is 1. The van der Waals surface area contributed by atoms with Crippen molar-refractivity contribution >= 4 is 31.2 Å². The summed E-state index contributed by atoms with van der Waals surface area (Å²) < 4.78 is 17.6. The van der Waals surface area contributed by atoms with Crippen molar-refractivity contribution in [2.24, 2.45) is 0 Å². The fraction of sp³-hybridized carbons (Fsp3) is 0.769. The Morgan fingerprint density at radius 3 is 1.80 bits per heavy atom. The zero-order valence-electron chi connectivity index (χ0n) is 13.8. The van der Waals surface area contributed by atoms with Crippen LogP contribution in [0.3, 0.4) is 0 Å². The highest BCUT2D eigenvalue weighted by Gasteiger charge is 2.39. The molecule has 0 spiro atoms. The number of ether oxygens (including phenoxy) is 1. The fourth-order valence-electron chi connectivity index (χ4n) is 2.02. The molecule has 0 saturated heterocycles. The third kappa shape index (κ3) is 10.4. The summed E-state index contributed by atoms with van der Waals surface area (Å²) in [5.41, 5.74) is 0. The van der Waals surface area contributed by atoms with E-state index in [1.54, 1.807) is 0 Å². The molecule has 0 radical (unpaired) electrons. The highest BCUT2D eigenvalue weighted by Crippen LogP contribution is 2.25. The van der Waals surface area contributed by atoms with E-state index in [-0.39, 0.29) is 0 Å². The van der Waals surface area contributed by atoms with Crippen molar-refractivity contribution in [3.8, 4) is 12.3 Å². The lowest BCUT2D eigenvalue weighted by Gasteiger charge is -2.38. The van der Waals surface area contributed by atoms with Gasteiger partial charge in [-0.1, -0.05) is 0 Å². The van der Waals surface area contributed by atoms with Gasteiger partial charge < -0.3 is 13.0 Å². The molecule has 0 aromatic heterocycles. The standard InChI is InChI=1S/C13H28O4Si3/c1-9-13(14)15-11-10-12-20(8,16-18(2,3)4)17-19(5,6)7/h1H,10-12H2,2-8H3. The SMILES string of the molecule is C#CC(=O)OCCC[Si](C)(O[Si](C)(C)C)O[Si](C)(C)C. The van der Waals surface area contributed by atoms with Crippen LogP contribution in [-0.2, 0) is 17.8 Å². The minimum Gasteiger partial charge on any atom is -0.456 e. The maximum absolute atomic E-state index is 10.9. The molecule has 116 valence electrons. The van der Waals surface area contributed by atoms with Crippen LogP contribution in [0, 0.1) is 12.3 Å². The first kappa shape index (κ1) is 19.6. The Morgan fingerprint density at radius 1 is 1.00 bits per heavy atom. The van der Waals surface area contributed by atoms with Gasteiger partial charge in [0.2, 0.25) is 0 Å². The van der Waals surface area contributed by atoms with Crippen molar-refractivity contribution in [1.82, 2.24) is 0 Å². The summed E-state index contributed by atoms with van der Waals surface area (Å²) >= 11 is 0. The van der Waals surface area contributed by atoms with Crippen LogP contribution in [0.1, 0.15) is 6.42 Å². The van der Waals surface area contributed by atoms with Gasteiger partial charge in [-0.2, -0.15) is 0 Å². The van der Waals surface area contributed by atoms with E-state index in [0.29, 0.717) is 6.61 Å². The van der Waals surface area contributed by atoms with E-state index in [9.17, 15) is 4.79 Å². The van der Waals surface area contributed by atoms with E-state index in [1.165, 1.54) is 0 Å². The molecule has 7 heteroatoms. The number of terminal acetylenes is 1. The van der Waals surface area contributed by atoms with Gasteiger partial charge in [-0.15, -0.1) is 6.42 Å². The van der Waals surface area contributed by atoms with Crippen LogP contribution in [0.5, 0.6) is 0 Å². The van der Waals surface area contributed by atoms with Crippen LogP contribution in [0.2, 0.25) is 51.9 Å². The molecule has 0 aliphatic heterocycles. The van der Waals surface area contributed by atoms with Crippen LogP contribution in [0.15, 0.2) is 0 Å². The quantitative estimate of drug-likeness (QED) is 0.225. The normalized spacial score (nSPS) is 12.9. The number of rotatable bonds is 8. The maximum Gasteiger partial charge on any atom is 0.384 e. The monoisotopic (exact) mass is 332 g/mol. The molecule has 0 aromatic rings. The molecule has 0 amide bonds. The Morgan fingerprint density at radius 2 is 1.45 bits per heavy atom. The minimum absolute atomic E-state index is 0.329. The van der Waals surface area contributed by atoms with Gasteiger partial charge >= 0.3 is 14.5 Å². The molecule has 0 aliphatic rings. The Hall–Kier alpha value is -0.399. The molecule has 0 rings (SSSR count). The van der Waals surface area contributed by atoms with Crippen LogP contribution < -0.4 is 0 Å². The second kappa shape index (κ2) is 7.56. The zero-order chi connectivity index (χ0) is 16.0. The van der Waals surface area contributed by atoms with E-state index in [0.717, 1.165) is 12.5 Å². The number of carbonyl (C=O) groups excluding carboxylic acids is 1. The summed E-state index contributed by atoms with van der Waals surface area (Å²) in [6.45, 7) is 15.5. The number of hydrogen-bond acceptors (Lipinski definition) is 4. The zero-order valence-corrected chi connectivity index (χ0v) is 16.8. The van der Waals surface area contributed by atoms with Crippen LogP contribution in [0.25, 0.3) is 0 Å². The van der Waals surface area contributed by atoms with E-state index < -0.39 is 31.2 Å². The third-order valence-electron chi connectivity index (χ3n) is 2.17. The molecule has 0 aromatic carbocycles. The molecule has 0 bridgehead atoms. The first-order valence-corrected chi connectivity index (χ1v) is 16.2. The Bertz CT molecular complexity index is 347. The molecule has 0 atom stereocenters. The predicted molar refractivity (Wildman–Crippen MR) is 89.7 cm³/mol. The van der Waals surface area contributed by atoms with Gasteiger partial charge in [-0.3, -0.25) is 0 Å². The highest BCUT2D eigenvalue weighted by molar-refractivity contribution is 6.87. The molecule has 0 heterocycles. The van der Waals surface area contributed by atoms with Gasteiger partial charge in [0.25, 0.3) is 0 Å². The van der Waals surface area contributed by atoms with Crippen molar-refractivity contribution in [3.05, 3.63) is 0 Å². The lowest BCUT2D eigenvalue weighted by atomic mass is 10.5. The fourth-order valence-corrected chi connectivity index (χ4v) is 14.5. The lowest BCUT2D eigenvalue weighted by Crippen LogP contribution is -2.52. The van der Waals surface area contributed by atoms with Gasteiger partial charge in [0.05, 0.1) is 6.61 Å². The lowest BCUT2D eigenvalue weighted by molar-refractivity contribution is -0.136. The second-order valence-electron chi connectivity index (χ2n) is 6.95. The molecule has 0 N–H and O–H groups in total. The summed E-state index contributed by atoms with van der Waals surface area (Å²) in [6, 6.07) is 0.819. The average Bonchev–Trinajstić information content (AvgIpc) is 2.18. The largest absolute Gasteiger partial charge is 0.456 e. The van der Waals surface area contributed by atoms with Gasteiger partial charge in [-0.05, 0) is 58.3 Å². The van der Waals surface area contributed by atoms with Crippen LogP contribution in [0.4, 0.5) is 0 Å². The van der Waals surface area contributed by atoms with E-state index >= 15 is 0 Å². The number of hydrogen-bond donors (Lipinski definition) is 0. The summed E-state index contributed by atoms with van der Waals surface area (Å²) in [5, 5.41) is 0. The summed E-state index contributed by atoms with van der Waals surface area (Å²) in [7, 11) is -5.55. The van der Waals surface area contributed by atoms with Crippen molar-refractivity contribution in [2.75, 3.05) is 6.61 Å². The van der Waals surface area contributed by atoms with Gasteiger partial charge in [0.1, 0.15) is 0 Å². The topological polar surface area (TPSA) is 44.8 Å². The molecule has 20 heavy (non-hydrogen) atoms. The molecule has 0 aliphatic carbocycles. The second-order valence-corrected chi connectivity index (χ2v) is 19.8. The van der Waals surface area contributed by atoms with Crippen LogP contribution in [-0.4, -0.2) is 37.8 Å². The van der Waals surface area contributed by atoms with Gasteiger partial charge in [-0.25, -0.2) is 4.79 Å². The Balaban J connectivity index is 4.55. The maximum atomic E-state index is 10.9. The Kier molecular flexibility index (Phi) is 7.41. The molecular weight excluding hydrogens is 304 g/mol. The molecular formula is C13H28O4Si3. The van der Waals surface area contributed by atoms with E-state index in [4.69, 9.17) is 19.4 Å². The molecule has 0 fully saturated rings. The highest BCUT2D eigenvalue weighted by atomic mass is 28.5. The van der Waals surface area contributed by atoms with Crippen LogP contribution >= 0.6 is 0 Å². The summed E-state index contributed by atoms with van der Waals surface area (Å²) in [4.78, 5) is 10.9.